The summed E-state index contributed by atoms with van der Waals surface area (Å²) in [5.41, 5.74) is 1.86. The maximum Gasteiger partial charge on any atom is 0.122 e. The van der Waals surface area contributed by atoms with Crippen molar-refractivity contribution >= 4 is 39.9 Å². The highest BCUT2D eigenvalue weighted by atomic mass is 127. The minimum Gasteiger partial charge on any atom is -0.508 e. The Balaban J connectivity index is 2.16. The molecule has 4 heteroatoms. The first-order valence-electron chi connectivity index (χ1n) is 5.57. The van der Waals surface area contributed by atoms with Crippen LogP contribution < -0.4 is 5.32 Å². The minimum absolute atomic E-state index is 0.0160. The van der Waals surface area contributed by atoms with Gasteiger partial charge in [0.15, 0.2) is 0 Å². The third-order valence-corrected chi connectivity index (χ3v) is 3.64. The zero-order chi connectivity index (χ0) is 13.1. The van der Waals surface area contributed by atoms with Gasteiger partial charge in [-0.3, -0.25) is 0 Å². The second kappa shape index (κ2) is 5.80. The molecule has 0 saturated heterocycles. The summed E-state index contributed by atoms with van der Waals surface area (Å²) in [6.45, 7) is 2.00. The fourth-order valence-corrected chi connectivity index (χ4v) is 2.28. The summed E-state index contributed by atoms with van der Waals surface area (Å²) in [7, 11) is 0. The molecular formula is C14H13ClINO. The SMILES string of the molecule is C[C@H](Nc1ccc(I)cc1)c1ccc(Cl)cc1O. The number of aromatic hydroxyl groups is 1. The van der Waals surface area contributed by atoms with E-state index in [1.807, 2.05) is 37.3 Å². The lowest BCUT2D eigenvalue weighted by Gasteiger charge is -2.17. The predicted octanol–water partition coefficient (Wildman–Crippen LogP) is 4.82. The molecule has 0 bridgehead atoms. The van der Waals surface area contributed by atoms with Gasteiger partial charge in [-0.05, 0) is 65.9 Å². The van der Waals surface area contributed by atoms with Gasteiger partial charge in [0.2, 0.25) is 0 Å². The Morgan fingerprint density at radius 3 is 2.44 bits per heavy atom. The van der Waals surface area contributed by atoms with Gasteiger partial charge in [0.05, 0.1) is 6.04 Å². The van der Waals surface area contributed by atoms with Crippen LogP contribution in [0.2, 0.25) is 5.02 Å². The summed E-state index contributed by atoms with van der Waals surface area (Å²) < 4.78 is 1.19. The molecule has 2 aromatic rings. The second-order valence-electron chi connectivity index (χ2n) is 4.08. The first kappa shape index (κ1) is 13.5. The van der Waals surface area contributed by atoms with Crippen molar-refractivity contribution in [3.05, 3.63) is 56.6 Å². The number of phenols is 1. The van der Waals surface area contributed by atoms with E-state index in [-0.39, 0.29) is 11.8 Å². The Hall–Kier alpha value is -0.940. The highest BCUT2D eigenvalue weighted by Crippen LogP contribution is 2.29. The molecule has 18 heavy (non-hydrogen) atoms. The molecule has 0 saturated carbocycles. The molecule has 0 aliphatic rings. The molecule has 0 amide bonds. The van der Waals surface area contributed by atoms with E-state index < -0.39 is 0 Å². The van der Waals surface area contributed by atoms with Gasteiger partial charge in [0.1, 0.15) is 5.75 Å². The minimum atomic E-state index is 0.0160. The smallest absolute Gasteiger partial charge is 0.122 e. The van der Waals surface area contributed by atoms with Crippen LogP contribution in [0.5, 0.6) is 5.75 Å². The van der Waals surface area contributed by atoms with Gasteiger partial charge >= 0.3 is 0 Å². The Kier molecular flexibility index (Phi) is 4.35. The number of anilines is 1. The zero-order valence-corrected chi connectivity index (χ0v) is 12.7. The van der Waals surface area contributed by atoms with Crippen molar-refractivity contribution in [3.63, 3.8) is 0 Å². The molecule has 0 aromatic heterocycles. The maximum atomic E-state index is 9.86. The van der Waals surface area contributed by atoms with Gasteiger partial charge in [-0.2, -0.15) is 0 Å². The van der Waals surface area contributed by atoms with Crippen molar-refractivity contribution < 1.29 is 5.11 Å². The molecule has 2 aromatic carbocycles. The first-order chi connectivity index (χ1) is 8.56. The normalized spacial score (nSPS) is 12.2. The number of phenolic OH excluding ortho intramolecular Hbond substituents is 1. The predicted molar refractivity (Wildman–Crippen MR) is 84.3 cm³/mol. The fraction of sp³-hybridized carbons (Fsp3) is 0.143. The molecule has 0 heterocycles. The van der Waals surface area contributed by atoms with Crippen LogP contribution in [0.15, 0.2) is 42.5 Å². The fourth-order valence-electron chi connectivity index (χ4n) is 1.76. The highest BCUT2D eigenvalue weighted by molar-refractivity contribution is 14.1. The average Bonchev–Trinajstić information content (AvgIpc) is 2.32. The van der Waals surface area contributed by atoms with Crippen molar-refractivity contribution in [1.82, 2.24) is 0 Å². The standard InChI is InChI=1S/C14H13ClINO/c1-9(13-7-2-10(15)8-14(13)18)17-12-5-3-11(16)4-6-12/h2-9,17-18H,1H3/t9-/m0/s1. The van der Waals surface area contributed by atoms with Crippen LogP contribution in [-0.2, 0) is 0 Å². The summed E-state index contributed by atoms with van der Waals surface area (Å²) in [6.07, 6.45) is 0. The first-order valence-corrected chi connectivity index (χ1v) is 7.02. The third kappa shape index (κ3) is 3.29. The van der Waals surface area contributed by atoms with Crippen LogP contribution in [0.1, 0.15) is 18.5 Å². The summed E-state index contributed by atoms with van der Waals surface area (Å²) in [5, 5.41) is 13.7. The average molecular weight is 374 g/mol. The topological polar surface area (TPSA) is 32.3 Å². The maximum absolute atomic E-state index is 9.86. The number of benzene rings is 2. The Morgan fingerprint density at radius 2 is 1.83 bits per heavy atom. The lowest BCUT2D eigenvalue weighted by molar-refractivity contribution is 0.465. The molecule has 94 valence electrons. The summed E-state index contributed by atoms with van der Waals surface area (Å²) in [5.74, 6) is 0.216. The van der Waals surface area contributed by atoms with Crippen molar-refractivity contribution in [2.45, 2.75) is 13.0 Å². The number of nitrogens with one attached hydrogen (secondary N) is 1. The van der Waals surface area contributed by atoms with Gasteiger partial charge < -0.3 is 10.4 Å². The molecule has 0 radical (unpaired) electrons. The molecule has 0 unspecified atom stereocenters. The molecule has 0 spiro atoms. The molecule has 2 rings (SSSR count). The van der Waals surface area contributed by atoms with Crippen LogP contribution >= 0.6 is 34.2 Å². The van der Waals surface area contributed by atoms with Crippen molar-refractivity contribution in [2.75, 3.05) is 5.32 Å². The van der Waals surface area contributed by atoms with Crippen LogP contribution in [0.25, 0.3) is 0 Å². The highest BCUT2D eigenvalue weighted by Gasteiger charge is 2.10. The van der Waals surface area contributed by atoms with Gasteiger partial charge in [0.25, 0.3) is 0 Å². The molecule has 2 N–H and O–H groups in total. The van der Waals surface area contributed by atoms with E-state index in [0.717, 1.165) is 11.3 Å². The van der Waals surface area contributed by atoms with E-state index in [1.165, 1.54) is 3.57 Å². The van der Waals surface area contributed by atoms with Crippen LogP contribution in [0, 0.1) is 3.57 Å². The van der Waals surface area contributed by atoms with Gasteiger partial charge in [-0.25, -0.2) is 0 Å². The molecule has 2 nitrogen and oxygen atoms in total. The van der Waals surface area contributed by atoms with Crippen molar-refractivity contribution in [2.24, 2.45) is 0 Å². The lowest BCUT2D eigenvalue weighted by atomic mass is 10.1. The summed E-state index contributed by atoms with van der Waals surface area (Å²) in [4.78, 5) is 0. The number of hydrogen-bond donors (Lipinski definition) is 2. The van der Waals surface area contributed by atoms with Crippen LogP contribution in [0.4, 0.5) is 5.69 Å². The molecule has 1 atom stereocenters. The molecule has 0 aliphatic carbocycles. The quantitative estimate of drug-likeness (QED) is 0.756. The van der Waals surface area contributed by atoms with E-state index in [9.17, 15) is 5.11 Å². The van der Waals surface area contributed by atoms with Crippen molar-refractivity contribution in [1.29, 1.82) is 0 Å². The number of rotatable bonds is 3. The largest absolute Gasteiger partial charge is 0.508 e. The molecular weight excluding hydrogens is 361 g/mol. The summed E-state index contributed by atoms with van der Waals surface area (Å²) in [6, 6.07) is 13.3. The van der Waals surface area contributed by atoms with Gasteiger partial charge in [0, 0.05) is 19.8 Å². The van der Waals surface area contributed by atoms with E-state index in [0.29, 0.717) is 5.02 Å². The zero-order valence-electron chi connectivity index (χ0n) is 9.82. The third-order valence-electron chi connectivity index (χ3n) is 2.69. The van der Waals surface area contributed by atoms with Crippen LogP contribution in [-0.4, -0.2) is 5.11 Å². The monoisotopic (exact) mass is 373 g/mol. The van der Waals surface area contributed by atoms with E-state index in [1.54, 1.807) is 12.1 Å². The Bertz CT molecular complexity index is 542. The van der Waals surface area contributed by atoms with Crippen molar-refractivity contribution in [3.8, 4) is 5.75 Å². The van der Waals surface area contributed by atoms with Gasteiger partial charge in [-0.1, -0.05) is 17.7 Å². The number of halogens is 2. The Labute approximate surface area is 125 Å². The molecule has 0 aliphatic heterocycles. The Morgan fingerprint density at radius 1 is 1.17 bits per heavy atom. The number of hydrogen-bond acceptors (Lipinski definition) is 2. The van der Waals surface area contributed by atoms with E-state index in [2.05, 4.69) is 27.9 Å². The lowest BCUT2D eigenvalue weighted by Crippen LogP contribution is -2.06. The van der Waals surface area contributed by atoms with E-state index >= 15 is 0 Å². The van der Waals surface area contributed by atoms with Crippen LogP contribution in [0.3, 0.4) is 0 Å². The summed E-state index contributed by atoms with van der Waals surface area (Å²) >= 11 is 8.09. The molecule has 0 fully saturated rings. The second-order valence-corrected chi connectivity index (χ2v) is 5.76. The van der Waals surface area contributed by atoms with E-state index in [4.69, 9.17) is 11.6 Å². The van der Waals surface area contributed by atoms with Gasteiger partial charge in [-0.15, -0.1) is 0 Å².